The van der Waals surface area contributed by atoms with Gasteiger partial charge in [0.2, 0.25) is 5.91 Å². The molecule has 0 aliphatic heterocycles. The number of benzene rings is 1. The Balaban J connectivity index is 1.50. The van der Waals surface area contributed by atoms with E-state index in [1.165, 1.54) is 43.9 Å². The van der Waals surface area contributed by atoms with Crippen LogP contribution in [0.15, 0.2) is 60.0 Å². The van der Waals surface area contributed by atoms with Gasteiger partial charge in [-0.1, -0.05) is 49.2 Å². The van der Waals surface area contributed by atoms with Gasteiger partial charge in [-0.05, 0) is 43.0 Å². The number of hydrogen-bond acceptors (Lipinski definition) is 5. The summed E-state index contributed by atoms with van der Waals surface area (Å²) in [6.07, 6.45) is 9.88. The number of hydrogen-bond donors (Lipinski definition) is 0. The SMILES string of the molecule is CN(CC1CCCCC1)C(=O)CSc1nnc(-c2ccncc2)n1-c1ccccc1. The zero-order valence-electron chi connectivity index (χ0n) is 17.3. The van der Waals surface area contributed by atoms with Crippen LogP contribution in [-0.4, -0.2) is 49.9 Å². The molecule has 1 fully saturated rings. The molecular weight excluding hydrogens is 394 g/mol. The van der Waals surface area contributed by atoms with Crippen molar-refractivity contribution >= 4 is 17.7 Å². The van der Waals surface area contributed by atoms with Gasteiger partial charge >= 0.3 is 0 Å². The maximum Gasteiger partial charge on any atom is 0.232 e. The highest BCUT2D eigenvalue weighted by Gasteiger charge is 2.21. The van der Waals surface area contributed by atoms with E-state index in [0.29, 0.717) is 16.8 Å². The Hall–Kier alpha value is -2.67. The third-order valence-electron chi connectivity index (χ3n) is 5.59. The van der Waals surface area contributed by atoms with Crippen molar-refractivity contribution < 1.29 is 4.79 Å². The summed E-state index contributed by atoms with van der Waals surface area (Å²) in [4.78, 5) is 18.7. The second-order valence-corrected chi connectivity index (χ2v) is 8.72. The first kappa shape index (κ1) is 20.6. The molecule has 0 bridgehead atoms. The normalized spacial score (nSPS) is 14.6. The van der Waals surface area contributed by atoms with E-state index in [4.69, 9.17) is 0 Å². The Labute approximate surface area is 181 Å². The van der Waals surface area contributed by atoms with Gasteiger partial charge in [0.05, 0.1) is 5.75 Å². The van der Waals surface area contributed by atoms with Crippen LogP contribution in [0.25, 0.3) is 17.1 Å². The van der Waals surface area contributed by atoms with Crippen LogP contribution in [0, 0.1) is 5.92 Å². The third kappa shape index (κ3) is 4.90. The second kappa shape index (κ2) is 9.89. The average molecular weight is 422 g/mol. The number of thioether (sulfide) groups is 1. The summed E-state index contributed by atoms with van der Waals surface area (Å²) in [6, 6.07) is 13.8. The molecule has 0 spiro atoms. The molecule has 1 aliphatic rings. The Morgan fingerprint density at radius 1 is 1.07 bits per heavy atom. The van der Waals surface area contributed by atoms with Crippen LogP contribution in [0.5, 0.6) is 0 Å². The van der Waals surface area contributed by atoms with Crippen molar-refractivity contribution in [3.63, 3.8) is 0 Å². The van der Waals surface area contributed by atoms with E-state index >= 15 is 0 Å². The van der Waals surface area contributed by atoms with E-state index in [1.807, 2.05) is 59.0 Å². The van der Waals surface area contributed by atoms with Crippen molar-refractivity contribution in [3.05, 3.63) is 54.9 Å². The predicted molar refractivity (Wildman–Crippen MR) is 120 cm³/mol. The third-order valence-corrected chi connectivity index (χ3v) is 6.51. The quantitative estimate of drug-likeness (QED) is 0.527. The molecule has 1 saturated carbocycles. The summed E-state index contributed by atoms with van der Waals surface area (Å²) in [5.74, 6) is 1.88. The fourth-order valence-corrected chi connectivity index (χ4v) is 4.85. The van der Waals surface area contributed by atoms with Gasteiger partial charge in [0.25, 0.3) is 0 Å². The fraction of sp³-hybridized carbons (Fsp3) is 0.391. The molecule has 4 rings (SSSR count). The van der Waals surface area contributed by atoms with Crippen molar-refractivity contribution in [1.29, 1.82) is 0 Å². The predicted octanol–water partition coefficient (Wildman–Crippen LogP) is 4.46. The molecule has 6 nitrogen and oxygen atoms in total. The fourth-order valence-electron chi connectivity index (χ4n) is 3.96. The van der Waals surface area contributed by atoms with Crippen LogP contribution in [0.2, 0.25) is 0 Å². The summed E-state index contributed by atoms with van der Waals surface area (Å²) < 4.78 is 2.01. The highest BCUT2D eigenvalue weighted by Crippen LogP contribution is 2.28. The van der Waals surface area contributed by atoms with Crippen LogP contribution in [0.1, 0.15) is 32.1 Å². The number of para-hydroxylation sites is 1. The molecule has 2 heterocycles. The lowest BCUT2D eigenvalue weighted by Gasteiger charge is -2.27. The molecule has 0 atom stereocenters. The Morgan fingerprint density at radius 3 is 2.53 bits per heavy atom. The largest absolute Gasteiger partial charge is 0.345 e. The summed E-state index contributed by atoms with van der Waals surface area (Å²) in [6.45, 7) is 0.854. The first-order valence-electron chi connectivity index (χ1n) is 10.5. The smallest absolute Gasteiger partial charge is 0.232 e. The standard InChI is InChI=1S/C23H27N5OS/c1-27(16-18-8-4-2-5-9-18)21(29)17-30-23-26-25-22(19-12-14-24-15-13-19)28(23)20-10-6-3-7-11-20/h3,6-7,10-15,18H,2,4-5,8-9,16-17H2,1H3. The summed E-state index contributed by atoms with van der Waals surface area (Å²) in [5.41, 5.74) is 1.91. The van der Waals surface area contributed by atoms with Crippen molar-refractivity contribution in [1.82, 2.24) is 24.6 Å². The second-order valence-electron chi connectivity index (χ2n) is 7.78. The van der Waals surface area contributed by atoms with Crippen LogP contribution in [0.4, 0.5) is 0 Å². The zero-order valence-corrected chi connectivity index (χ0v) is 18.1. The molecule has 156 valence electrons. The van der Waals surface area contributed by atoms with Crippen molar-refractivity contribution in [2.45, 2.75) is 37.3 Å². The minimum Gasteiger partial charge on any atom is -0.345 e. The van der Waals surface area contributed by atoms with Crippen LogP contribution >= 0.6 is 11.8 Å². The van der Waals surface area contributed by atoms with E-state index in [9.17, 15) is 4.79 Å². The van der Waals surface area contributed by atoms with E-state index in [1.54, 1.807) is 12.4 Å². The summed E-state index contributed by atoms with van der Waals surface area (Å²) in [7, 11) is 1.92. The van der Waals surface area contributed by atoms with Crippen LogP contribution in [0.3, 0.4) is 0 Å². The monoisotopic (exact) mass is 421 g/mol. The molecule has 0 saturated heterocycles. The number of pyridine rings is 1. The number of carbonyl (C=O) groups is 1. The topological polar surface area (TPSA) is 63.9 Å². The number of nitrogens with zero attached hydrogens (tertiary/aromatic N) is 5. The van der Waals surface area contributed by atoms with Gasteiger partial charge < -0.3 is 4.90 Å². The lowest BCUT2D eigenvalue weighted by atomic mass is 9.89. The zero-order chi connectivity index (χ0) is 20.8. The van der Waals surface area contributed by atoms with E-state index in [2.05, 4.69) is 15.2 Å². The van der Waals surface area contributed by atoms with Gasteiger partial charge in [0.15, 0.2) is 11.0 Å². The summed E-state index contributed by atoms with van der Waals surface area (Å²) >= 11 is 1.44. The van der Waals surface area contributed by atoms with Gasteiger partial charge in [-0.15, -0.1) is 10.2 Å². The van der Waals surface area contributed by atoms with Gasteiger partial charge in [-0.25, -0.2) is 0 Å². The number of aromatic nitrogens is 4. The van der Waals surface area contributed by atoms with Gasteiger partial charge in [0.1, 0.15) is 0 Å². The Morgan fingerprint density at radius 2 is 1.80 bits per heavy atom. The lowest BCUT2D eigenvalue weighted by molar-refractivity contribution is -0.127. The molecule has 7 heteroatoms. The first-order chi connectivity index (χ1) is 14.7. The van der Waals surface area contributed by atoms with E-state index < -0.39 is 0 Å². The Kier molecular flexibility index (Phi) is 6.79. The molecule has 0 N–H and O–H groups in total. The van der Waals surface area contributed by atoms with E-state index in [-0.39, 0.29) is 5.91 Å². The highest BCUT2D eigenvalue weighted by molar-refractivity contribution is 7.99. The first-order valence-corrected chi connectivity index (χ1v) is 11.5. The molecule has 3 aromatic rings. The molecule has 0 radical (unpaired) electrons. The maximum absolute atomic E-state index is 12.8. The molecule has 2 aromatic heterocycles. The van der Waals surface area contributed by atoms with E-state index in [0.717, 1.165) is 23.6 Å². The number of rotatable bonds is 7. The molecule has 0 unspecified atom stereocenters. The molecular formula is C23H27N5OS. The number of amides is 1. The van der Waals surface area contributed by atoms with Crippen LogP contribution < -0.4 is 0 Å². The average Bonchev–Trinajstić information content (AvgIpc) is 3.23. The minimum atomic E-state index is 0.138. The summed E-state index contributed by atoms with van der Waals surface area (Å²) in [5, 5.41) is 9.53. The van der Waals surface area contributed by atoms with Gasteiger partial charge in [0, 0.05) is 37.2 Å². The van der Waals surface area contributed by atoms with Crippen molar-refractivity contribution in [2.75, 3.05) is 19.3 Å². The molecule has 1 aliphatic carbocycles. The Bertz CT molecular complexity index is 954. The van der Waals surface area contributed by atoms with Crippen molar-refractivity contribution in [3.8, 4) is 17.1 Å². The molecule has 30 heavy (non-hydrogen) atoms. The van der Waals surface area contributed by atoms with Gasteiger partial charge in [-0.3, -0.25) is 14.3 Å². The maximum atomic E-state index is 12.8. The van der Waals surface area contributed by atoms with Gasteiger partial charge in [-0.2, -0.15) is 0 Å². The lowest BCUT2D eigenvalue weighted by Crippen LogP contribution is -2.33. The number of carbonyl (C=O) groups excluding carboxylic acids is 1. The minimum absolute atomic E-state index is 0.138. The molecule has 1 amide bonds. The highest BCUT2D eigenvalue weighted by atomic mass is 32.2. The van der Waals surface area contributed by atoms with Crippen molar-refractivity contribution in [2.24, 2.45) is 5.92 Å². The van der Waals surface area contributed by atoms with Crippen LogP contribution in [-0.2, 0) is 4.79 Å². The molecule has 1 aromatic carbocycles.